The number of halogens is 2. The fourth-order valence-corrected chi connectivity index (χ4v) is 8.46. The first-order valence-electron chi connectivity index (χ1n) is 9.08. The molecular weight excluding hydrogens is 401 g/mol. The van der Waals surface area contributed by atoms with Crippen LogP contribution in [0.25, 0.3) is 0 Å². The van der Waals surface area contributed by atoms with Crippen molar-refractivity contribution in [2.45, 2.75) is 88.4 Å². The summed E-state index contributed by atoms with van der Waals surface area (Å²) in [6, 6.07) is 1.69. The molecule has 0 bridgehead atoms. The van der Waals surface area contributed by atoms with Gasteiger partial charge in [0.2, 0.25) is 0 Å². The summed E-state index contributed by atoms with van der Waals surface area (Å²) in [5.74, 6) is 0. The van der Waals surface area contributed by atoms with E-state index >= 15 is 0 Å². The SMILES string of the molecule is CCCC[C](CCCC)(CCCC)[Sn][c]1cc(C(F)F)nn1C. The Hall–Kier alpha value is -0.131. The van der Waals surface area contributed by atoms with Crippen molar-refractivity contribution in [2.75, 3.05) is 0 Å². The average molecular weight is 433 g/mol. The molecule has 23 heavy (non-hydrogen) atoms. The molecule has 0 unspecified atom stereocenters. The first kappa shape index (κ1) is 20.9. The van der Waals surface area contributed by atoms with E-state index < -0.39 is 27.6 Å². The predicted molar refractivity (Wildman–Crippen MR) is 94.8 cm³/mol. The standard InChI is InChI=1S/C13H27.C5H5F2N2.Sn/c1-4-7-10-13(11-8-5-2)12-9-6-3;1-9-3-2-4(8-9)5(6)7;/h4-12H2,1-3H3;2,5H,1H3;. The first-order valence-corrected chi connectivity index (χ1v) is 11.9. The molecule has 0 aliphatic heterocycles. The molecule has 0 saturated heterocycles. The Labute approximate surface area is 150 Å². The van der Waals surface area contributed by atoms with Crippen molar-refractivity contribution < 1.29 is 8.78 Å². The molecule has 2 nitrogen and oxygen atoms in total. The van der Waals surface area contributed by atoms with Crippen LogP contribution in [0.5, 0.6) is 0 Å². The molecule has 0 saturated carbocycles. The second-order valence-corrected chi connectivity index (χ2v) is 11.8. The third-order valence-corrected chi connectivity index (χ3v) is 10.3. The summed E-state index contributed by atoms with van der Waals surface area (Å²) in [6.07, 6.45) is 8.77. The zero-order valence-corrected chi connectivity index (χ0v) is 18.0. The zero-order chi connectivity index (χ0) is 17.3. The molecule has 132 valence electrons. The van der Waals surface area contributed by atoms with Crippen LogP contribution in [-0.2, 0) is 7.05 Å². The zero-order valence-electron chi connectivity index (χ0n) is 15.2. The van der Waals surface area contributed by atoms with Gasteiger partial charge in [-0.2, -0.15) is 0 Å². The number of unbranched alkanes of at least 4 members (excludes halogenated alkanes) is 3. The Bertz CT molecular complexity index is 424. The van der Waals surface area contributed by atoms with E-state index in [1.807, 2.05) is 7.05 Å². The molecule has 0 aliphatic carbocycles. The molecule has 1 aromatic heterocycles. The molecule has 1 rings (SSSR count). The Morgan fingerprint density at radius 2 is 1.52 bits per heavy atom. The molecule has 2 radical (unpaired) electrons. The summed E-state index contributed by atoms with van der Waals surface area (Å²) in [5, 5.41) is 4.04. The number of aromatic nitrogens is 2. The van der Waals surface area contributed by atoms with Crippen LogP contribution in [0, 0.1) is 0 Å². The second kappa shape index (κ2) is 10.7. The summed E-state index contributed by atoms with van der Waals surface area (Å²) in [4.78, 5) is 0. The number of nitrogens with zero attached hydrogens (tertiary/aromatic N) is 2. The normalized spacial score (nSPS) is 12.3. The summed E-state index contributed by atoms with van der Waals surface area (Å²) in [7, 11) is 1.84. The fourth-order valence-electron chi connectivity index (χ4n) is 3.09. The van der Waals surface area contributed by atoms with Gasteiger partial charge in [0.15, 0.2) is 0 Å². The van der Waals surface area contributed by atoms with E-state index in [0.29, 0.717) is 3.43 Å². The Balaban J connectivity index is 2.99. The Morgan fingerprint density at radius 3 is 1.87 bits per heavy atom. The molecule has 0 aliphatic rings. The van der Waals surface area contributed by atoms with Crippen LogP contribution in [0.2, 0.25) is 3.43 Å². The Morgan fingerprint density at radius 1 is 1.04 bits per heavy atom. The third-order valence-electron chi connectivity index (χ3n) is 4.54. The van der Waals surface area contributed by atoms with Crippen LogP contribution >= 0.6 is 0 Å². The number of alkyl halides is 2. The van der Waals surface area contributed by atoms with Crippen LogP contribution in [0.15, 0.2) is 6.07 Å². The van der Waals surface area contributed by atoms with Crippen molar-refractivity contribution in [3.63, 3.8) is 0 Å². The van der Waals surface area contributed by atoms with Gasteiger partial charge in [0, 0.05) is 0 Å². The molecule has 0 aromatic carbocycles. The van der Waals surface area contributed by atoms with Crippen molar-refractivity contribution in [3.05, 3.63) is 11.8 Å². The summed E-state index contributed by atoms with van der Waals surface area (Å²) in [6.45, 7) is 6.73. The van der Waals surface area contributed by atoms with Crippen LogP contribution in [-0.4, -0.2) is 30.9 Å². The second-order valence-electron chi connectivity index (χ2n) is 6.59. The number of hydrogen-bond donors (Lipinski definition) is 0. The van der Waals surface area contributed by atoms with Crippen molar-refractivity contribution in [1.29, 1.82) is 0 Å². The van der Waals surface area contributed by atoms with Crippen molar-refractivity contribution in [2.24, 2.45) is 7.05 Å². The summed E-state index contributed by atoms with van der Waals surface area (Å²) < 4.78 is 29.2. The molecule has 0 amide bonds. The van der Waals surface area contributed by atoms with Gasteiger partial charge in [-0.1, -0.05) is 0 Å². The van der Waals surface area contributed by atoms with E-state index in [0.717, 1.165) is 3.71 Å². The molecule has 1 heterocycles. The van der Waals surface area contributed by atoms with Gasteiger partial charge in [0.05, 0.1) is 0 Å². The predicted octanol–water partition coefficient (Wildman–Crippen LogP) is 5.42. The molecule has 0 fully saturated rings. The molecule has 1 aromatic rings. The van der Waals surface area contributed by atoms with E-state index in [-0.39, 0.29) is 5.69 Å². The van der Waals surface area contributed by atoms with Crippen molar-refractivity contribution >= 4 is 24.9 Å². The van der Waals surface area contributed by atoms with E-state index in [9.17, 15) is 8.78 Å². The number of aryl methyl sites for hydroxylation is 1. The minimum absolute atomic E-state index is 0.0428. The van der Waals surface area contributed by atoms with E-state index in [2.05, 4.69) is 25.9 Å². The maximum absolute atomic E-state index is 12.9. The van der Waals surface area contributed by atoms with Gasteiger partial charge in [-0.3, -0.25) is 0 Å². The molecule has 5 heteroatoms. The van der Waals surface area contributed by atoms with Gasteiger partial charge in [0.1, 0.15) is 0 Å². The fraction of sp³-hybridized carbons (Fsp3) is 0.833. The Kier molecular flexibility index (Phi) is 9.71. The molecular formula is C18H32F2N2Sn. The van der Waals surface area contributed by atoms with Gasteiger partial charge >= 0.3 is 151 Å². The number of hydrogen-bond acceptors (Lipinski definition) is 1. The summed E-state index contributed by atoms with van der Waals surface area (Å²) >= 11 is -0.978. The molecule has 0 N–H and O–H groups in total. The molecule has 0 spiro atoms. The van der Waals surface area contributed by atoms with Gasteiger partial charge in [-0.15, -0.1) is 0 Å². The van der Waals surface area contributed by atoms with Gasteiger partial charge in [-0.05, 0) is 0 Å². The topological polar surface area (TPSA) is 17.8 Å². The monoisotopic (exact) mass is 434 g/mol. The maximum atomic E-state index is 12.9. The van der Waals surface area contributed by atoms with E-state index in [4.69, 9.17) is 0 Å². The van der Waals surface area contributed by atoms with Crippen LogP contribution in [0.3, 0.4) is 0 Å². The molecule has 0 atom stereocenters. The van der Waals surface area contributed by atoms with Crippen LogP contribution in [0.1, 0.15) is 90.7 Å². The van der Waals surface area contributed by atoms with Gasteiger partial charge in [0.25, 0.3) is 0 Å². The van der Waals surface area contributed by atoms with Gasteiger partial charge in [-0.25, -0.2) is 0 Å². The average Bonchev–Trinajstić information content (AvgIpc) is 2.89. The van der Waals surface area contributed by atoms with Gasteiger partial charge < -0.3 is 0 Å². The minimum atomic E-state index is -2.45. The van der Waals surface area contributed by atoms with Crippen molar-refractivity contribution in [1.82, 2.24) is 9.78 Å². The van der Waals surface area contributed by atoms with Crippen LogP contribution in [0.4, 0.5) is 8.78 Å². The summed E-state index contributed by atoms with van der Waals surface area (Å²) in [5.41, 5.74) is -0.0428. The van der Waals surface area contributed by atoms with E-state index in [1.54, 1.807) is 10.7 Å². The van der Waals surface area contributed by atoms with Crippen LogP contribution < -0.4 is 3.71 Å². The third kappa shape index (κ3) is 6.71. The first-order chi connectivity index (χ1) is 11.0. The van der Waals surface area contributed by atoms with E-state index in [1.165, 1.54) is 57.8 Å². The number of rotatable bonds is 12. The quantitative estimate of drug-likeness (QED) is 0.403. The van der Waals surface area contributed by atoms with Crippen molar-refractivity contribution in [3.8, 4) is 0 Å².